The molecule has 0 heterocycles. The smallest absolute Gasteiger partial charge is 0.0942 e. The zero-order valence-corrected chi connectivity index (χ0v) is 10.3. The molecule has 0 saturated carbocycles. The molecule has 4 heteroatoms. The summed E-state index contributed by atoms with van der Waals surface area (Å²) in [6, 6.07) is 7.03. The Morgan fingerprint density at radius 2 is 1.69 bits per heavy atom. The van der Waals surface area contributed by atoms with E-state index in [1.807, 2.05) is 26.0 Å². The highest BCUT2D eigenvalue weighted by Gasteiger charge is 1.97. The minimum atomic E-state index is 0.114. The Kier molecular flexibility index (Phi) is 8.52. The van der Waals surface area contributed by atoms with Gasteiger partial charge in [0.15, 0.2) is 0 Å². The highest BCUT2D eigenvalue weighted by molar-refractivity contribution is 5.42. The van der Waals surface area contributed by atoms with E-state index in [-0.39, 0.29) is 5.23 Å². The van der Waals surface area contributed by atoms with Crippen molar-refractivity contribution in [1.82, 2.24) is 5.32 Å². The molecule has 4 nitrogen and oxygen atoms in total. The van der Waals surface area contributed by atoms with Gasteiger partial charge < -0.3 is 5.32 Å². The largest absolute Gasteiger partial charge is 0.313 e. The molecule has 0 spiro atoms. The molecule has 0 aliphatic carbocycles. The number of hydrogen-bond donors (Lipinski definition) is 3. The van der Waals surface area contributed by atoms with Crippen molar-refractivity contribution >= 4 is 5.69 Å². The Hall–Kier alpha value is -1.10. The summed E-state index contributed by atoms with van der Waals surface area (Å²) in [6.07, 6.45) is 1.11. The van der Waals surface area contributed by atoms with Gasteiger partial charge in [-0.3, -0.25) is 10.4 Å². The Labute approximate surface area is 97.4 Å². The summed E-state index contributed by atoms with van der Waals surface area (Å²) in [7, 11) is 0. The standard InChI is InChI=1S/C10H16N2O2.C2H6/c1-2-7-11-8-9-3-5-10(6-4-9)12(13)14;1-2/h3-6,11,13-14H,2,7-8H2,1H3;1-2H3. The fourth-order valence-electron chi connectivity index (χ4n) is 1.16. The van der Waals surface area contributed by atoms with E-state index in [2.05, 4.69) is 12.2 Å². The lowest BCUT2D eigenvalue weighted by atomic mass is 10.2. The van der Waals surface area contributed by atoms with Crippen LogP contribution in [-0.4, -0.2) is 17.0 Å². The number of benzene rings is 1. The van der Waals surface area contributed by atoms with Crippen molar-refractivity contribution in [2.45, 2.75) is 33.7 Å². The Bertz CT molecular complexity index is 260. The second-order valence-corrected chi connectivity index (χ2v) is 3.13. The van der Waals surface area contributed by atoms with Crippen molar-refractivity contribution < 1.29 is 10.4 Å². The quantitative estimate of drug-likeness (QED) is 0.534. The molecule has 0 aliphatic rings. The molecule has 1 aromatic carbocycles. The molecule has 0 amide bonds. The monoisotopic (exact) mass is 226 g/mol. The van der Waals surface area contributed by atoms with Crippen molar-refractivity contribution in [3.05, 3.63) is 29.8 Å². The van der Waals surface area contributed by atoms with Gasteiger partial charge in [-0.05, 0) is 30.7 Å². The summed E-state index contributed by atoms with van der Waals surface area (Å²) < 4.78 is 0. The average molecular weight is 226 g/mol. The van der Waals surface area contributed by atoms with Gasteiger partial charge in [0, 0.05) is 6.54 Å². The van der Waals surface area contributed by atoms with Gasteiger partial charge in [-0.1, -0.05) is 32.9 Å². The van der Waals surface area contributed by atoms with E-state index >= 15 is 0 Å². The SMILES string of the molecule is CC.CCCNCc1ccc(N(O)O)cc1. The second kappa shape index (κ2) is 9.15. The molecular formula is C12H22N2O2. The molecule has 92 valence electrons. The van der Waals surface area contributed by atoms with E-state index in [4.69, 9.17) is 10.4 Å². The highest BCUT2D eigenvalue weighted by atomic mass is 16.8. The normalized spacial score (nSPS) is 9.31. The van der Waals surface area contributed by atoms with Crippen LogP contribution in [-0.2, 0) is 6.54 Å². The predicted molar refractivity (Wildman–Crippen MR) is 65.8 cm³/mol. The molecule has 0 radical (unpaired) electrons. The van der Waals surface area contributed by atoms with Crippen LogP contribution in [0, 0.1) is 0 Å². The van der Waals surface area contributed by atoms with E-state index in [0.29, 0.717) is 5.69 Å². The first kappa shape index (κ1) is 14.9. The number of hydrogen-bond acceptors (Lipinski definition) is 4. The van der Waals surface area contributed by atoms with Crippen LogP contribution in [0.15, 0.2) is 24.3 Å². The first-order valence-electron chi connectivity index (χ1n) is 5.71. The number of nitrogens with one attached hydrogen (secondary N) is 1. The first-order valence-corrected chi connectivity index (χ1v) is 5.71. The van der Waals surface area contributed by atoms with Gasteiger partial charge in [0.05, 0.1) is 5.69 Å². The van der Waals surface area contributed by atoms with Gasteiger partial charge in [0.2, 0.25) is 0 Å². The molecule has 1 rings (SSSR count). The predicted octanol–water partition coefficient (Wildman–Crippen LogP) is 2.80. The van der Waals surface area contributed by atoms with E-state index in [1.165, 1.54) is 0 Å². The molecule has 0 bridgehead atoms. The third kappa shape index (κ3) is 5.70. The van der Waals surface area contributed by atoms with Gasteiger partial charge in [-0.25, -0.2) is 0 Å². The summed E-state index contributed by atoms with van der Waals surface area (Å²) in [5, 5.41) is 20.8. The molecule has 0 aliphatic heterocycles. The first-order chi connectivity index (χ1) is 7.74. The Balaban J connectivity index is 0.00000106. The van der Waals surface area contributed by atoms with Gasteiger partial charge >= 0.3 is 0 Å². The maximum absolute atomic E-state index is 8.70. The van der Waals surface area contributed by atoms with Crippen LogP contribution in [0.25, 0.3) is 0 Å². The molecule has 1 aromatic rings. The average Bonchev–Trinajstić information content (AvgIpc) is 2.33. The van der Waals surface area contributed by atoms with Crippen LogP contribution in [0.4, 0.5) is 5.69 Å². The molecule has 16 heavy (non-hydrogen) atoms. The van der Waals surface area contributed by atoms with E-state index < -0.39 is 0 Å². The molecule has 0 unspecified atom stereocenters. The van der Waals surface area contributed by atoms with Crippen molar-refractivity contribution in [1.29, 1.82) is 0 Å². The van der Waals surface area contributed by atoms with Crippen LogP contribution in [0.5, 0.6) is 0 Å². The second-order valence-electron chi connectivity index (χ2n) is 3.13. The number of rotatable bonds is 5. The van der Waals surface area contributed by atoms with Gasteiger partial charge in [-0.15, -0.1) is 5.23 Å². The maximum atomic E-state index is 8.70. The van der Waals surface area contributed by atoms with Gasteiger partial charge in [-0.2, -0.15) is 0 Å². The number of nitrogens with zero attached hydrogens (tertiary/aromatic N) is 1. The van der Waals surface area contributed by atoms with E-state index in [1.54, 1.807) is 12.1 Å². The van der Waals surface area contributed by atoms with Crippen LogP contribution in [0.1, 0.15) is 32.8 Å². The molecule has 0 atom stereocenters. The highest BCUT2D eigenvalue weighted by Crippen LogP contribution is 2.11. The van der Waals surface area contributed by atoms with Gasteiger partial charge in [0.1, 0.15) is 0 Å². The summed E-state index contributed by atoms with van der Waals surface area (Å²) in [4.78, 5) is 0. The lowest BCUT2D eigenvalue weighted by Crippen LogP contribution is -2.14. The zero-order chi connectivity index (χ0) is 12.4. The van der Waals surface area contributed by atoms with E-state index in [0.717, 1.165) is 25.1 Å². The minimum Gasteiger partial charge on any atom is -0.313 e. The van der Waals surface area contributed by atoms with Crippen LogP contribution in [0.3, 0.4) is 0 Å². The Morgan fingerprint density at radius 1 is 1.12 bits per heavy atom. The molecule has 0 aromatic heterocycles. The zero-order valence-electron chi connectivity index (χ0n) is 10.3. The summed E-state index contributed by atoms with van der Waals surface area (Å²) in [6.45, 7) is 7.92. The third-order valence-electron chi connectivity index (χ3n) is 1.92. The van der Waals surface area contributed by atoms with Crippen LogP contribution < -0.4 is 10.5 Å². The van der Waals surface area contributed by atoms with Crippen LogP contribution >= 0.6 is 0 Å². The molecule has 0 saturated heterocycles. The van der Waals surface area contributed by atoms with Crippen molar-refractivity contribution in [3.8, 4) is 0 Å². The maximum Gasteiger partial charge on any atom is 0.0942 e. The fourth-order valence-corrected chi connectivity index (χ4v) is 1.16. The topological polar surface area (TPSA) is 55.7 Å². The fraction of sp³-hybridized carbons (Fsp3) is 0.500. The molecule has 3 N–H and O–H groups in total. The summed E-state index contributed by atoms with van der Waals surface area (Å²) in [5.41, 5.74) is 1.49. The van der Waals surface area contributed by atoms with Gasteiger partial charge in [0.25, 0.3) is 0 Å². The lowest BCUT2D eigenvalue weighted by molar-refractivity contribution is 0.0291. The lowest BCUT2D eigenvalue weighted by Gasteiger charge is -2.08. The van der Waals surface area contributed by atoms with Crippen molar-refractivity contribution in [2.75, 3.05) is 11.8 Å². The molecular weight excluding hydrogens is 204 g/mol. The van der Waals surface area contributed by atoms with E-state index in [9.17, 15) is 0 Å². The van der Waals surface area contributed by atoms with Crippen molar-refractivity contribution in [2.24, 2.45) is 0 Å². The molecule has 0 fully saturated rings. The third-order valence-corrected chi connectivity index (χ3v) is 1.92. The minimum absolute atomic E-state index is 0.114. The summed E-state index contributed by atoms with van der Waals surface area (Å²) in [5.74, 6) is 0. The number of anilines is 1. The summed E-state index contributed by atoms with van der Waals surface area (Å²) >= 11 is 0. The van der Waals surface area contributed by atoms with Crippen molar-refractivity contribution in [3.63, 3.8) is 0 Å². The van der Waals surface area contributed by atoms with Crippen LogP contribution in [0.2, 0.25) is 0 Å². The Morgan fingerprint density at radius 3 is 2.12 bits per heavy atom.